The van der Waals surface area contributed by atoms with Crippen molar-refractivity contribution in [1.82, 2.24) is 0 Å². The van der Waals surface area contributed by atoms with Gasteiger partial charge < -0.3 is 4.90 Å². The standard InChI is InChI=1S/C52H33NS2/c1-3-14-34(15-4-1)40-20-9-11-23-47(40)53(39-27-29-43-42-21-10-12-24-48(42)54-51(43)33-39)38-26-28-41(45(32-38)35-16-5-2-6-17-35)44-22-13-25-49-52(44)46-30-36-18-7-8-19-37(36)31-50(46)55-49/h1-33H. The van der Waals surface area contributed by atoms with Gasteiger partial charge in [-0.25, -0.2) is 0 Å². The number of hydrogen-bond acceptors (Lipinski definition) is 3. The fraction of sp³-hybridized carbons (Fsp3) is 0. The molecule has 0 spiro atoms. The zero-order valence-electron chi connectivity index (χ0n) is 29.8. The van der Waals surface area contributed by atoms with Crippen LogP contribution in [0.1, 0.15) is 0 Å². The van der Waals surface area contributed by atoms with Crippen molar-refractivity contribution in [2.75, 3.05) is 4.90 Å². The number of nitrogens with zero attached hydrogens (tertiary/aromatic N) is 1. The van der Waals surface area contributed by atoms with Gasteiger partial charge in [-0.05, 0) is 93.2 Å². The summed E-state index contributed by atoms with van der Waals surface area (Å²) < 4.78 is 5.22. The van der Waals surface area contributed by atoms with Gasteiger partial charge in [0.25, 0.3) is 0 Å². The molecular weight excluding hydrogens is 703 g/mol. The molecule has 3 heteroatoms. The molecule has 2 aromatic heterocycles. The van der Waals surface area contributed by atoms with Gasteiger partial charge in [-0.2, -0.15) is 0 Å². The molecule has 0 fully saturated rings. The van der Waals surface area contributed by atoms with E-state index in [4.69, 9.17) is 0 Å². The van der Waals surface area contributed by atoms with Crippen LogP contribution in [0.4, 0.5) is 17.1 Å². The summed E-state index contributed by atoms with van der Waals surface area (Å²) in [6, 6.07) is 73.5. The first kappa shape index (κ1) is 32.0. The van der Waals surface area contributed by atoms with Crippen molar-refractivity contribution in [2.24, 2.45) is 0 Å². The maximum Gasteiger partial charge on any atom is 0.0540 e. The number of thiophene rings is 2. The van der Waals surface area contributed by atoms with Crippen LogP contribution in [0.5, 0.6) is 0 Å². The molecule has 11 rings (SSSR count). The zero-order valence-corrected chi connectivity index (χ0v) is 31.4. The van der Waals surface area contributed by atoms with E-state index in [1.54, 1.807) is 0 Å². The van der Waals surface area contributed by atoms with E-state index >= 15 is 0 Å². The second kappa shape index (κ2) is 13.1. The molecular formula is C52H33NS2. The Hall–Kier alpha value is -6.52. The van der Waals surface area contributed by atoms with Gasteiger partial charge in [-0.1, -0.05) is 146 Å². The number of rotatable bonds is 6. The molecule has 0 atom stereocenters. The van der Waals surface area contributed by atoms with Crippen LogP contribution < -0.4 is 4.90 Å². The van der Waals surface area contributed by atoms with Crippen LogP contribution in [0, 0.1) is 0 Å². The van der Waals surface area contributed by atoms with Crippen LogP contribution >= 0.6 is 22.7 Å². The first-order chi connectivity index (χ1) is 27.3. The molecule has 0 N–H and O–H groups in total. The highest BCUT2D eigenvalue weighted by Crippen LogP contribution is 2.48. The number of hydrogen-bond donors (Lipinski definition) is 0. The first-order valence-electron chi connectivity index (χ1n) is 18.7. The zero-order chi connectivity index (χ0) is 36.3. The van der Waals surface area contributed by atoms with Crippen LogP contribution in [0.25, 0.3) is 84.5 Å². The SMILES string of the molecule is c1ccc(-c2cc(N(c3ccc4c(c3)sc3ccccc34)c3ccccc3-c3ccccc3)ccc2-c2cccc3sc4cc5ccccc5cc4c23)cc1. The number of fused-ring (bicyclic) bond motifs is 7. The largest absolute Gasteiger partial charge is 0.310 e. The Morgan fingerprint density at radius 1 is 0.309 bits per heavy atom. The van der Waals surface area contributed by atoms with E-state index in [0.717, 1.165) is 17.1 Å². The Bertz CT molecular complexity index is 3210. The van der Waals surface area contributed by atoms with Crippen LogP contribution in [0.2, 0.25) is 0 Å². The summed E-state index contributed by atoms with van der Waals surface area (Å²) in [6.07, 6.45) is 0. The predicted molar refractivity (Wildman–Crippen MR) is 241 cm³/mol. The minimum absolute atomic E-state index is 1.11. The maximum absolute atomic E-state index is 2.45. The Labute approximate surface area is 327 Å². The van der Waals surface area contributed by atoms with E-state index in [1.807, 2.05) is 22.7 Å². The van der Waals surface area contributed by atoms with Gasteiger partial charge in [-0.15, -0.1) is 22.7 Å². The minimum atomic E-state index is 1.11. The molecule has 0 saturated carbocycles. The average molecular weight is 736 g/mol. The highest BCUT2D eigenvalue weighted by molar-refractivity contribution is 7.26. The third-order valence-corrected chi connectivity index (χ3v) is 13.1. The van der Waals surface area contributed by atoms with Gasteiger partial charge in [0.05, 0.1) is 5.69 Å². The van der Waals surface area contributed by atoms with Gasteiger partial charge in [0, 0.05) is 57.3 Å². The van der Waals surface area contributed by atoms with E-state index in [2.05, 4.69) is 205 Å². The van der Waals surface area contributed by atoms with Crippen molar-refractivity contribution in [3.8, 4) is 33.4 Å². The highest BCUT2D eigenvalue weighted by atomic mass is 32.1. The average Bonchev–Trinajstić information content (AvgIpc) is 3.81. The first-order valence-corrected chi connectivity index (χ1v) is 20.3. The fourth-order valence-corrected chi connectivity index (χ4v) is 10.6. The van der Waals surface area contributed by atoms with Gasteiger partial charge in [0.15, 0.2) is 0 Å². The van der Waals surface area contributed by atoms with E-state index in [1.165, 1.54) is 84.5 Å². The second-order valence-corrected chi connectivity index (χ2v) is 16.2. The lowest BCUT2D eigenvalue weighted by Crippen LogP contribution is -2.11. The van der Waals surface area contributed by atoms with Crippen molar-refractivity contribution in [2.45, 2.75) is 0 Å². The van der Waals surface area contributed by atoms with Crippen molar-refractivity contribution in [3.63, 3.8) is 0 Å². The quantitative estimate of drug-likeness (QED) is 0.164. The second-order valence-electron chi connectivity index (χ2n) is 14.1. The lowest BCUT2D eigenvalue weighted by atomic mass is 9.91. The number of para-hydroxylation sites is 1. The van der Waals surface area contributed by atoms with Crippen molar-refractivity contribution >= 4 is 90.9 Å². The van der Waals surface area contributed by atoms with Crippen LogP contribution in [-0.4, -0.2) is 0 Å². The maximum atomic E-state index is 2.45. The number of anilines is 3. The molecule has 258 valence electrons. The van der Waals surface area contributed by atoms with Crippen LogP contribution in [-0.2, 0) is 0 Å². The minimum Gasteiger partial charge on any atom is -0.310 e. The molecule has 0 aliphatic heterocycles. The lowest BCUT2D eigenvalue weighted by Gasteiger charge is -2.29. The summed E-state index contributed by atoms with van der Waals surface area (Å²) in [5, 5.41) is 7.79. The fourth-order valence-electron chi connectivity index (χ4n) is 8.31. The number of benzene rings is 9. The Morgan fingerprint density at radius 2 is 0.891 bits per heavy atom. The Kier molecular flexibility index (Phi) is 7.61. The van der Waals surface area contributed by atoms with Crippen molar-refractivity contribution in [3.05, 3.63) is 200 Å². The summed E-state index contributed by atoms with van der Waals surface area (Å²) in [6.45, 7) is 0. The summed E-state index contributed by atoms with van der Waals surface area (Å²) in [7, 11) is 0. The molecule has 0 radical (unpaired) electrons. The summed E-state index contributed by atoms with van der Waals surface area (Å²) >= 11 is 3.75. The molecule has 2 heterocycles. The smallest absolute Gasteiger partial charge is 0.0540 e. The monoisotopic (exact) mass is 735 g/mol. The lowest BCUT2D eigenvalue weighted by molar-refractivity contribution is 1.29. The van der Waals surface area contributed by atoms with Crippen LogP contribution in [0.15, 0.2) is 200 Å². The molecule has 0 aliphatic carbocycles. The van der Waals surface area contributed by atoms with Crippen LogP contribution in [0.3, 0.4) is 0 Å². The molecule has 1 nitrogen and oxygen atoms in total. The topological polar surface area (TPSA) is 3.24 Å². The van der Waals surface area contributed by atoms with Crippen molar-refractivity contribution in [1.29, 1.82) is 0 Å². The normalized spacial score (nSPS) is 11.6. The molecule has 0 amide bonds. The molecule has 9 aromatic carbocycles. The molecule has 55 heavy (non-hydrogen) atoms. The predicted octanol–water partition coefficient (Wildman–Crippen LogP) is 16.0. The van der Waals surface area contributed by atoms with Gasteiger partial charge in [0.1, 0.15) is 0 Å². The van der Waals surface area contributed by atoms with Gasteiger partial charge >= 0.3 is 0 Å². The summed E-state index contributed by atoms with van der Waals surface area (Å²) in [5.74, 6) is 0. The summed E-state index contributed by atoms with van der Waals surface area (Å²) in [4.78, 5) is 2.45. The Morgan fingerprint density at radius 3 is 1.73 bits per heavy atom. The molecule has 0 unspecified atom stereocenters. The van der Waals surface area contributed by atoms with E-state index in [-0.39, 0.29) is 0 Å². The Balaban J connectivity index is 1.17. The van der Waals surface area contributed by atoms with E-state index < -0.39 is 0 Å². The molecule has 0 aliphatic rings. The third-order valence-electron chi connectivity index (χ3n) is 10.8. The molecule has 0 saturated heterocycles. The highest BCUT2D eigenvalue weighted by Gasteiger charge is 2.22. The summed E-state index contributed by atoms with van der Waals surface area (Å²) in [5.41, 5.74) is 10.6. The van der Waals surface area contributed by atoms with Gasteiger partial charge in [-0.3, -0.25) is 0 Å². The van der Waals surface area contributed by atoms with E-state index in [9.17, 15) is 0 Å². The van der Waals surface area contributed by atoms with Gasteiger partial charge in [0.2, 0.25) is 0 Å². The molecule has 11 aromatic rings. The molecule has 0 bridgehead atoms. The van der Waals surface area contributed by atoms with Crippen molar-refractivity contribution < 1.29 is 0 Å². The third kappa shape index (κ3) is 5.43. The van der Waals surface area contributed by atoms with E-state index in [0.29, 0.717) is 0 Å².